The number of nitrogens with zero attached hydrogens (tertiary/aromatic N) is 1. The van der Waals surface area contributed by atoms with Gasteiger partial charge in [0.15, 0.2) is 0 Å². The maximum Gasteiger partial charge on any atom is 0.250 e. The second-order valence-electron chi connectivity index (χ2n) is 6.15. The van der Waals surface area contributed by atoms with Crippen molar-refractivity contribution in [1.29, 1.82) is 0 Å². The Morgan fingerprint density at radius 3 is 2.44 bits per heavy atom. The molecule has 0 saturated heterocycles. The third-order valence-corrected chi connectivity index (χ3v) is 8.77. The molecule has 0 N–H and O–H groups in total. The van der Waals surface area contributed by atoms with Crippen molar-refractivity contribution in [1.82, 2.24) is 4.40 Å². The minimum atomic E-state index is -1.77. The van der Waals surface area contributed by atoms with Gasteiger partial charge in [-0.25, -0.2) is 0 Å². The molecular formula is C14H20BrNOSi. The zero-order chi connectivity index (χ0) is 13.6. The predicted octanol–water partition coefficient (Wildman–Crippen LogP) is 5.09. The molecule has 0 radical (unpaired) electrons. The smallest absolute Gasteiger partial charge is 0.250 e. The Bertz CT molecular complexity index is 569. The van der Waals surface area contributed by atoms with E-state index < -0.39 is 8.32 Å². The topological polar surface area (TPSA) is 13.6 Å². The Labute approximate surface area is 118 Å². The van der Waals surface area contributed by atoms with Gasteiger partial charge < -0.3 is 8.83 Å². The van der Waals surface area contributed by atoms with Gasteiger partial charge in [-0.3, -0.25) is 0 Å². The van der Waals surface area contributed by atoms with E-state index in [0.717, 1.165) is 15.9 Å². The molecule has 2 aromatic heterocycles. The third-order valence-electron chi connectivity index (χ3n) is 3.78. The number of rotatable bonds is 2. The van der Waals surface area contributed by atoms with E-state index in [-0.39, 0.29) is 5.04 Å². The largest absolute Gasteiger partial charge is 0.542 e. The molecule has 2 heterocycles. The summed E-state index contributed by atoms with van der Waals surface area (Å²) >= 11 is 3.55. The molecule has 0 aliphatic carbocycles. The first kappa shape index (κ1) is 13.7. The van der Waals surface area contributed by atoms with Gasteiger partial charge in [-0.1, -0.05) is 26.8 Å². The molecule has 0 bridgehead atoms. The highest BCUT2D eigenvalue weighted by Gasteiger charge is 2.39. The van der Waals surface area contributed by atoms with Crippen molar-refractivity contribution in [2.45, 2.75) is 38.9 Å². The van der Waals surface area contributed by atoms with E-state index in [9.17, 15) is 0 Å². The van der Waals surface area contributed by atoms with Crippen molar-refractivity contribution in [3.8, 4) is 5.75 Å². The highest BCUT2D eigenvalue weighted by molar-refractivity contribution is 9.10. The fourth-order valence-corrected chi connectivity index (χ4v) is 3.08. The van der Waals surface area contributed by atoms with E-state index in [1.54, 1.807) is 0 Å². The Morgan fingerprint density at radius 2 is 1.83 bits per heavy atom. The van der Waals surface area contributed by atoms with E-state index in [1.165, 1.54) is 0 Å². The Kier molecular flexibility index (Phi) is 3.36. The van der Waals surface area contributed by atoms with Gasteiger partial charge in [0.2, 0.25) is 0 Å². The van der Waals surface area contributed by atoms with Crippen molar-refractivity contribution in [3.63, 3.8) is 0 Å². The quantitative estimate of drug-likeness (QED) is 0.554. The fourth-order valence-electron chi connectivity index (χ4n) is 1.59. The first-order valence-electron chi connectivity index (χ1n) is 6.17. The normalized spacial score (nSPS) is 13.0. The average Bonchev–Trinajstić information content (AvgIpc) is 2.61. The molecule has 0 spiro atoms. The number of hydrogen-bond acceptors (Lipinski definition) is 1. The Balaban J connectivity index is 2.42. The van der Waals surface area contributed by atoms with Crippen molar-refractivity contribution >= 4 is 29.8 Å². The highest BCUT2D eigenvalue weighted by Crippen LogP contribution is 2.38. The van der Waals surface area contributed by atoms with Crippen LogP contribution in [0.2, 0.25) is 18.1 Å². The zero-order valence-corrected chi connectivity index (χ0v) is 14.2. The third kappa shape index (κ3) is 2.36. The van der Waals surface area contributed by atoms with Crippen LogP contribution in [0.25, 0.3) is 5.52 Å². The highest BCUT2D eigenvalue weighted by atomic mass is 79.9. The molecule has 0 aliphatic heterocycles. The molecule has 4 heteroatoms. The maximum absolute atomic E-state index is 6.37. The van der Waals surface area contributed by atoms with E-state index in [0.29, 0.717) is 0 Å². The Hall–Kier alpha value is -0.743. The summed E-state index contributed by atoms with van der Waals surface area (Å²) in [7, 11) is -1.77. The molecular weight excluding hydrogens is 306 g/mol. The summed E-state index contributed by atoms with van der Waals surface area (Å²) in [6.45, 7) is 11.3. The number of pyridine rings is 1. The molecule has 0 aliphatic rings. The van der Waals surface area contributed by atoms with Crippen molar-refractivity contribution < 1.29 is 4.43 Å². The van der Waals surface area contributed by atoms with Crippen LogP contribution in [0.3, 0.4) is 0 Å². The van der Waals surface area contributed by atoms with Gasteiger partial charge in [0.25, 0.3) is 8.32 Å². The number of hydrogen-bond donors (Lipinski definition) is 0. The Morgan fingerprint density at radius 1 is 1.17 bits per heavy atom. The van der Waals surface area contributed by atoms with Gasteiger partial charge >= 0.3 is 0 Å². The van der Waals surface area contributed by atoms with Crippen LogP contribution in [0.1, 0.15) is 20.8 Å². The van der Waals surface area contributed by atoms with Crippen LogP contribution in [0.4, 0.5) is 0 Å². The summed E-state index contributed by atoms with van der Waals surface area (Å²) < 4.78 is 9.52. The minimum Gasteiger partial charge on any atom is -0.542 e. The second kappa shape index (κ2) is 4.42. The van der Waals surface area contributed by atoms with Crippen molar-refractivity contribution in [2.24, 2.45) is 0 Å². The second-order valence-corrected chi connectivity index (χ2v) is 11.7. The number of fused-ring (bicyclic) bond motifs is 1. The standard InChI is InChI=1S/C14H20BrNOSi/c1-14(2,3)18(4,5)17-12-9-10-16-11(12)7-6-8-13(16)15/h6-10H,1-5H3. The first-order chi connectivity index (χ1) is 8.22. The molecule has 0 unspecified atom stereocenters. The molecule has 0 atom stereocenters. The lowest BCUT2D eigenvalue weighted by Gasteiger charge is -2.36. The fraction of sp³-hybridized carbons (Fsp3) is 0.429. The zero-order valence-electron chi connectivity index (χ0n) is 11.6. The van der Waals surface area contributed by atoms with E-state index in [4.69, 9.17) is 4.43 Å². The monoisotopic (exact) mass is 325 g/mol. The van der Waals surface area contributed by atoms with Crippen LogP contribution in [-0.2, 0) is 0 Å². The van der Waals surface area contributed by atoms with Gasteiger partial charge in [0.1, 0.15) is 5.75 Å². The van der Waals surface area contributed by atoms with Crippen LogP contribution in [0.5, 0.6) is 5.75 Å². The van der Waals surface area contributed by atoms with Gasteiger partial charge in [0.05, 0.1) is 10.1 Å². The van der Waals surface area contributed by atoms with Gasteiger partial charge in [0, 0.05) is 6.20 Å². The lowest BCUT2D eigenvalue weighted by atomic mass is 10.2. The van der Waals surface area contributed by atoms with Crippen LogP contribution in [0, 0.1) is 0 Å². The summed E-state index contributed by atoms with van der Waals surface area (Å²) in [6.07, 6.45) is 2.04. The summed E-state index contributed by atoms with van der Waals surface area (Å²) in [5.41, 5.74) is 1.12. The lowest BCUT2D eigenvalue weighted by Crippen LogP contribution is -2.43. The molecule has 98 valence electrons. The molecule has 18 heavy (non-hydrogen) atoms. The molecule has 2 aromatic rings. The van der Waals surface area contributed by atoms with E-state index in [2.05, 4.69) is 66.3 Å². The average molecular weight is 326 g/mol. The maximum atomic E-state index is 6.37. The molecule has 0 amide bonds. The van der Waals surface area contributed by atoms with Gasteiger partial charge in [-0.05, 0) is 52.3 Å². The van der Waals surface area contributed by atoms with E-state index >= 15 is 0 Å². The molecule has 2 nitrogen and oxygen atoms in total. The molecule has 0 aromatic carbocycles. The molecule has 0 fully saturated rings. The van der Waals surface area contributed by atoms with Crippen LogP contribution in [-0.4, -0.2) is 12.7 Å². The minimum absolute atomic E-state index is 0.216. The van der Waals surface area contributed by atoms with E-state index in [1.807, 2.05) is 18.3 Å². The predicted molar refractivity (Wildman–Crippen MR) is 82.9 cm³/mol. The van der Waals surface area contributed by atoms with Gasteiger partial charge in [-0.2, -0.15) is 0 Å². The summed E-state index contributed by atoms with van der Waals surface area (Å²) in [4.78, 5) is 0. The van der Waals surface area contributed by atoms with Crippen LogP contribution < -0.4 is 4.43 Å². The molecule has 2 rings (SSSR count). The number of aromatic nitrogens is 1. The van der Waals surface area contributed by atoms with Crippen molar-refractivity contribution in [3.05, 3.63) is 35.1 Å². The summed E-state index contributed by atoms with van der Waals surface area (Å²) in [6, 6.07) is 8.22. The first-order valence-corrected chi connectivity index (χ1v) is 9.87. The SMILES string of the molecule is CC(C)(C)[Si](C)(C)Oc1ccn2c(Br)cccc12. The summed E-state index contributed by atoms with van der Waals surface area (Å²) in [5.74, 6) is 0.989. The van der Waals surface area contributed by atoms with Crippen LogP contribution >= 0.6 is 15.9 Å². The summed E-state index contributed by atoms with van der Waals surface area (Å²) in [5, 5.41) is 0.216. The molecule has 0 saturated carbocycles. The van der Waals surface area contributed by atoms with Crippen LogP contribution in [0.15, 0.2) is 35.1 Å². The lowest BCUT2D eigenvalue weighted by molar-refractivity contribution is 0.497. The van der Waals surface area contributed by atoms with Crippen molar-refractivity contribution in [2.75, 3.05) is 0 Å². The van der Waals surface area contributed by atoms with Gasteiger partial charge in [-0.15, -0.1) is 0 Å². The number of halogens is 1.